The molecule has 1 aliphatic heterocycles. The highest BCUT2D eigenvalue weighted by atomic mass is 32.2. The number of benzene rings is 1. The summed E-state index contributed by atoms with van der Waals surface area (Å²) in [6.45, 7) is 5.27. The summed E-state index contributed by atoms with van der Waals surface area (Å²) in [6, 6.07) is 8.25. The molecule has 1 aliphatic rings. The van der Waals surface area contributed by atoms with Gasteiger partial charge in [-0.25, -0.2) is 8.42 Å². The molecule has 5 heteroatoms. The van der Waals surface area contributed by atoms with Crippen molar-refractivity contribution in [1.29, 1.82) is 0 Å². The van der Waals surface area contributed by atoms with Gasteiger partial charge in [0.2, 0.25) is 0 Å². The van der Waals surface area contributed by atoms with E-state index in [0.29, 0.717) is 12.3 Å². The largest absolute Gasteiger partial charge is 0.370 e. The lowest BCUT2D eigenvalue weighted by atomic mass is 10.1. The molecule has 0 aromatic heterocycles. The van der Waals surface area contributed by atoms with E-state index in [4.69, 9.17) is 0 Å². The molecule has 4 nitrogen and oxygen atoms in total. The summed E-state index contributed by atoms with van der Waals surface area (Å²) >= 11 is 0. The molecule has 0 radical (unpaired) electrons. The van der Waals surface area contributed by atoms with Crippen LogP contribution in [0.1, 0.15) is 18.9 Å². The number of nitrogens with one attached hydrogen (secondary N) is 1. The van der Waals surface area contributed by atoms with Gasteiger partial charge in [-0.2, -0.15) is 0 Å². The Morgan fingerprint density at radius 1 is 1.21 bits per heavy atom. The summed E-state index contributed by atoms with van der Waals surface area (Å²) in [5.74, 6) is 0.585. The van der Waals surface area contributed by atoms with E-state index in [1.807, 2.05) is 12.1 Å². The molecule has 1 fully saturated rings. The molecule has 106 valence electrons. The van der Waals surface area contributed by atoms with Crippen LogP contribution in [-0.4, -0.2) is 39.6 Å². The van der Waals surface area contributed by atoms with Crippen LogP contribution in [0, 0.1) is 0 Å². The van der Waals surface area contributed by atoms with Crippen molar-refractivity contribution in [2.24, 2.45) is 0 Å². The second kappa shape index (κ2) is 6.39. The van der Waals surface area contributed by atoms with E-state index < -0.39 is 9.84 Å². The molecule has 0 bridgehead atoms. The minimum absolute atomic E-state index is 0.266. The first-order valence-electron chi connectivity index (χ1n) is 6.86. The molecular formula is C14H22N2O2S. The highest BCUT2D eigenvalue weighted by Crippen LogP contribution is 2.22. The Kier molecular flexibility index (Phi) is 4.82. The van der Waals surface area contributed by atoms with Crippen LogP contribution in [0.15, 0.2) is 24.3 Å². The second-order valence-electron chi connectivity index (χ2n) is 4.90. The zero-order valence-electron chi connectivity index (χ0n) is 11.4. The summed E-state index contributed by atoms with van der Waals surface area (Å²) in [5.41, 5.74) is 2.41. The van der Waals surface area contributed by atoms with E-state index in [2.05, 4.69) is 29.3 Å². The zero-order valence-corrected chi connectivity index (χ0v) is 12.2. The van der Waals surface area contributed by atoms with Gasteiger partial charge in [-0.1, -0.05) is 25.1 Å². The van der Waals surface area contributed by atoms with Crippen molar-refractivity contribution >= 4 is 15.5 Å². The van der Waals surface area contributed by atoms with Crippen LogP contribution < -0.4 is 10.2 Å². The number of hydrogen-bond acceptors (Lipinski definition) is 4. The number of rotatable bonds is 4. The number of anilines is 1. The predicted molar refractivity (Wildman–Crippen MR) is 79.3 cm³/mol. The molecule has 1 aromatic rings. The molecule has 2 rings (SSSR count). The lowest BCUT2D eigenvalue weighted by Gasteiger charge is -2.25. The fourth-order valence-corrected chi connectivity index (χ4v) is 3.68. The smallest absolute Gasteiger partial charge is 0.152 e. The van der Waals surface area contributed by atoms with Gasteiger partial charge in [0, 0.05) is 25.3 Å². The minimum atomic E-state index is -2.85. The Labute approximate surface area is 115 Å². The Morgan fingerprint density at radius 3 is 2.79 bits per heavy atom. The Balaban J connectivity index is 2.16. The third-order valence-corrected chi connectivity index (χ3v) is 5.17. The second-order valence-corrected chi connectivity index (χ2v) is 7.21. The summed E-state index contributed by atoms with van der Waals surface area (Å²) in [4.78, 5) is 2.21. The first-order chi connectivity index (χ1) is 9.12. The predicted octanol–water partition coefficient (Wildman–Crippen LogP) is 1.42. The van der Waals surface area contributed by atoms with E-state index >= 15 is 0 Å². The first-order valence-corrected chi connectivity index (χ1v) is 8.68. The van der Waals surface area contributed by atoms with E-state index in [0.717, 1.165) is 26.1 Å². The molecule has 1 saturated heterocycles. The van der Waals surface area contributed by atoms with Crippen LogP contribution in [-0.2, 0) is 16.4 Å². The summed E-state index contributed by atoms with van der Waals surface area (Å²) in [5, 5.41) is 3.33. The lowest BCUT2D eigenvalue weighted by molar-refractivity contribution is 0.597. The maximum absolute atomic E-state index is 11.7. The van der Waals surface area contributed by atoms with Crippen LogP contribution in [0.25, 0.3) is 0 Å². The third kappa shape index (κ3) is 3.94. The van der Waals surface area contributed by atoms with Crippen LogP contribution >= 0.6 is 0 Å². The normalized spacial score (nSPS) is 19.1. The van der Waals surface area contributed by atoms with Gasteiger partial charge >= 0.3 is 0 Å². The van der Waals surface area contributed by atoms with Crippen molar-refractivity contribution < 1.29 is 8.42 Å². The topological polar surface area (TPSA) is 49.4 Å². The molecule has 1 aromatic carbocycles. The molecular weight excluding hydrogens is 260 g/mol. The summed E-state index contributed by atoms with van der Waals surface area (Å²) in [7, 11) is -2.85. The van der Waals surface area contributed by atoms with E-state index in [-0.39, 0.29) is 5.75 Å². The number of hydrogen-bond donors (Lipinski definition) is 1. The highest BCUT2D eigenvalue weighted by Gasteiger charge is 2.20. The van der Waals surface area contributed by atoms with Crippen LogP contribution in [0.5, 0.6) is 0 Å². The molecule has 0 unspecified atom stereocenters. The Morgan fingerprint density at radius 2 is 2.00 bits per heavy atom. The van der Waals surface area contributed by atoms with E-state index in [1.54, 1.807) is 0 Å². The Hall–Kier alpha value is -1.07. The van der Waals surface area contributed by atoms with E-state index in [1.165, 1.54) is 11.3 Å². The maximum Gasteiger partial charge on any atom is 0.152 e. The van der Waals surface area contributed by atoms with Gasteiger partial charge in [-0.15, -0.1) is 0 Å². The third-order valence-electron chi connectivity index (χ3n) is 3.45. The van der Waals surface area contributed by atoms with Crippen LogP contribution in [0.2, 0.25) is 0 Å². The number of para-hydroxylation sites is 1. The number of nitrogens with zero attached hydrogens (tertiary/aromatic N) is 1. The lowest BCUT2D eigenvalue weighted by Crippen LogP contribution is -2.28. The van der Waals surface area contributed by atoms with Crippen molar-refractivity contribution in [3.8, 4) is 0 Å². The minimum Gasteiger partial charge on any atom is -0.370 e. The molecule has 0 aliphatic carbocycles. The van der Waals surface area contributed by atoms with Crippen LogP contribution in [0.3, 0.4) is 0 Å². The summed E-state index contributed by atoms with van der Waals surface area (Å²) in [6.07, 6.45) is 0.720. The first kappa shape index (κ1) is 14.3. The van der Waals surface area contributed by atoms with Crippen molar-refractivity contribution in [3.63, 3.8) is 0 Å². The van der Waals surface area contributed by atoms with Crippen molar-refractivity contribution in [1.82, 2.24) is 5.32 Å². The summed E-state index contributed by atoms with van der Waals surface area (Å²) < 4.78 is 23.3. The molecule has 0 amide bonds. The SMILES string of the molecule is CCNCc1ccccc1N1CCCS(=O)(=O)CC1. The van der Waals surface area contributed by atoms with Gasteiger partial charge in [-0.3, -0.25) is 0 Å². The van der Waals surface area contributed by atoms with Gasteiger partial charge < -0.3 is 10.2 Å². The van der Waals surface area contributed by atoms with E-state index in [9.17, 15) is 8.42 Å². The monoisotopic (exact) mass is 282 g/mol. The molecule has 1 heterocycles. The number of sulfone groups is 1. The Bertz CT molecular complexity index is 514. The van der Waals surface area contributed by atoms with Gasteiger partial charge in [0.05, 0.1) is 11.5 Å². The molecule has 0 atom stereocenters. The molecule has 1 N–H and O–H groups in total. The zero-order chi connectivity index (χ0) is 13.7. The van der Waals surface area contributed by atoms with Crippen molar-refractivity contribution in [2.75, 3.05) is 36.0 Å². The van der Waals surface area contributed by atoms with Gasteiger partial charge in [-0.05, 0) is 24.6 Å². The molecule has 0 saturated carbocycles. The highest BCUT2D eigenvalue weighted by molar-refractivity contribution is 7.91. The maximum atomic E-state index is 11.7. The average Bonchev–Trinajstić information content (AvgIpc) is 2.58. The average molecular weight is 282 g/mol. The van der Waals surface area contributed by atoms with Crippen molar-refractivity contribution in [2.45, 2.75) is 19.9 Å². The van der Waals surface area contributed by atoms with Gasteiger partial charge in [0.25, 0.3) is 0 Å². The van der Waals surface area contributed by atoms with Gasteiger partial charge in [0.1, 0.15) is 0 Å². The molecule has 0 spiro atoms. The van der Waals surface area contributed by atoms with Crippen molar-refractivity contribution in [3.05, 3.63) is 29.8 Å². The van der Waals surface area contributed by atoms with Gasteiger partial charge in [0.15, 0.2) is 9.84 Å². The molecule has 19 heavy (non-hydrogen) atoms. The quantitative estimate of drug-likeness (QED) is 0.907. The standard InChI is InChI=1S/C14H22N2O2S/c1-2-15-12-13-6-3-4-7-14(13)16-8-5-10-19(17,18)11-9-16/h3-4,6-7,15H,2,5,8-12H2,1H3. The fourth-order valence-electron chi connectivity index (χ4n) is 2.41. The van der Waals surface area contributed by atoms with Crippen LogP contribution in [0.4, 0.5) is 5.69 Å². The fraction of sp³-hybridized carbons (Fsp3) is 0.571.